The van der Waals surface area contributed by atoms with Gasteiger partial charge in [-0.3, -0.25) is 0 Å². The second kappa shape index (κ2) is 2.87. The molecule has 1 heterocycles. The molecule has 62 valence electrons. The SMILES string of the molecule is CCc1c(C)ccc2cnsc12. The lowest BCUT2D eigenvalue weighted by Crippen LogP contribution is -1.84. The van der Waals surface area contributed by atoms with Crippen LogP contribution in [0.25, 0.3) is 10.1 Å². The average Bonchev–Trinajstić information content (AvgIpc) is 2.52. The van der Waals surface area contributed by atoms with E-state index in [1.54, 1.807) is 11.5 Å². The van der Waals surface area contributed by atoms with Crippen LogP contribution in [0, 0.1) is 6.92 Å². The quantitative estimate of drug-likeness (QED) is 0.652. The van der Waals surface area contributed by atoms with Gasteiger partial charge in [-0.05, 0) is 36.0 Å². The summed E-state index contributed by atoms with van der Waals surface area (Å²) in [5.41, 5.74) is 2.84. The smallest absolute Gasteiger partial charge is 0.0584 e. The van der Waals surface area contributed by atoms with Gasteiger partial charge in [-0.1, -0.05) is 19.1 Å². The van der Waals surface area contributed by atoms with Crippen molar-refractivity contribution in [3.05, 3.63) is 29.5 Å². The molecule has 0 spiro atoms. The summed E-state index contributed by atoms with van der Waals surface area (Å²) in [6.45, 7) is 4.36. The van der Waals surface area contributed by atoms with E-state index in [0.717, 1.165) is 6.42 Å². The van der Waals surface area contributed by atoms with Crippen molar-refractivity contribution in [3.8, 4) is 0 Å². The summed E-state index contributed by atoms with van der Waals surface area (Å²) in [4.78, 5) is 0. The molecule has 2 aromatic rings. The Balaban J connectivity index is 2.83. The summed E-state index contributed by atoms with van der Waals surface area (Å²) in [5, 5.41) is 1.28. The zero-order valence-electron chi connectivity index (χ0n) is 7.29. The first kappa shape index (κ1) is 7.74. The maximum Gasteiger partial charge on any atom is 0.0584 e. The normalized spacial score (nSPS) is 10.8. The van der Waals surface area contributed by atoms with Crippen molar-refractivity contribution >= 4 is 21.6 Å². The molecule has 0 bridgehead atoms. The van der Waals surface area contributed by atoms with E-state index in [1.165, 1.54) is 21.2 Å². The van der Waals surface area contributed by atoms with E-state index >= 15 is 0 Å². The fourth-order valence-corrected chi connectivity index (χ4v) is 2.44. The highest BCUT2D eigenvalue weighted by atomic mass is 32.1. The number of nitrogens with zero attached hydrogens (tertiary/aromatic N) is 1. The Morgan fingerprint density at radius 2 is 2.25 bits per heavy atom. The molecule has 2 heteroatoms. The Bertz CT molecular complexity index is 403. The van der Waals surface area contributed by atoms with Crippen LogP contribution in [-0.2, 0) is 6.42 Å². The Hall–Kier alpha value is -0.890. The first-order chi connectivity index (χ1) is 5.83. The molecule has 2 rings (SSSR count). The summed E-state index contributed by atoms with van der Waals surface area (Å²) in [7, 11) is 0. The minimum atomic E-state index is 1.10. The van der Waals surface area contributed by atoms with Crippen molar-refractivity contribution in [2.45, 2.75) is 20.3 Å². The molecule has 0 saturated heterocycles. The highest BCUT2D eigenvalue weighted by molar-refractivity contribution is 7.13. The standard InChI is InChI=1S/C10H11NS/c1-3-9-7(2)4-5-8-6-11-12-10(8)9/h4-6H,3H2,1-2H3. The molecule has 0 N–H and O–H groups in total. The predicted molar refractivity (Wildman–Crippen MR) is 53.7 cm³/mol. The van der Waals surface area contributed by atoms with Gasteiger partial charge in [0.1, 0.15) is 0 Å². The van der Waals surface area contributed by atoms with Crippen LogP contribution < -0.4 is 0 Å². The van der Waals surface area contributed by atoms with Crippen LogP contribution in [0.2, 0.25) is 0 Å². The Morgan fingerprint density at radius 1 is 1.42 bits per heavy atom. The largest absolute Gasteiger partial charge is 0.200 e. The van der Waals surface area contributed by atoms with Crippen molar-refractivity contribution in [2.24, 2.45) is 0 Å². The molecule has 0 fully saturated rings. The van der Waals surface area contributed by atoms with Gasteiger partial charge in [-0.2, -0.15) is 4.37 Å². The molecule has 1 aromatic carbocycles. The zero-order valence-corrected chi connectivity index (χ0v) is 8.11. The van der Waals surface area contributed by atoms with Crippen LogP contribution in [0.5, 0.6) is 0 Å². The molecule has 0 aliphatic heterocycles. The second-order valence-corrected chi connectivity index (χ2v) is 3.76. The highest BCUT2D eigenvalue weighted by Gasteiger charge is 2.03. The molecule has 0 aliphatic carbocycles. The number of aryl methyl sites for hydroxylation is 2. The molecule has 1 aromatic heterocycles. The number of hydrogen-bond donors (Lipinski definition) is 0. The van der Waals surface area contributed by atoms with Gasteiger partial charge in [0.15, 0.2) is 0 Å². The minimum Gasteiger partial charge on any atom is -0.200 e. The van der Waals surface area contributed by atoms with Gasteiger partial charge in [-0.25, -0.2) is 0 Å². The summed E-state index contributed by atoms with van der Waals surface area (Å²) in [5.74, 6) is 0. The molecule has 12 heavy (non-hydrogen) atoms. The van der Waals surface area contributed by atoms with E-state index in [1.807, 2.05) is 6.20 Å². The van der Waals surface area contributed by atoms with Crippen molar-refractivity contribution in [3.63, 3.8) is 0 Å². The van der Waals surface area contributed by atoms with E-state index < -0.39 is 0 Å². The molecule has 0 unspecified atom stereocenters. The van der Waals surface area contributed by atoms with Crippen LogP contribution in [0.4, 0.5) is 0 Å². The van der Waals surface area contributed by atoms with E-state index in [0.29, 0.717) is 0 Å². The van der Waals surface area contributed by atoms with Gasteiger partial charge in [0.2, 0.25) is 0 Å². The highest BCUT2D eigenvalue weighted by Crippen LogP contribution is 2.25. The van der Waals surface area contributed by atoms with Crippen LogP contribution in [0.15, 0.2) is 18.3 Å². The average molecular weight is 177 g/mol. The summed E-state index contributed by atoms with van der Waals surface area (Å²) < 4.78 is 5.55. The maximum absolute atomic E-state index is 4.19. The van der Waals surface area contributed by atoms with Crippen LogP contribution >= 0.6 is 11.5 Å². The Labute approximate surface area is 76.2 Å². The third kappa shape index (κ3) is 1.03. The number of aromatic nitrogens is 1. The second-order valence-electron chi connectivity index (χ2n) is 2.96. The van der Waals surface area contributed by atoms with E-state index in [4.69, 9.17) is 0 Å². The molecular weight excluding hydrogens is 166 g/mol. The van der Waals surface area contributed by atoms with Gasteiger partial charge in [0.05, 0.1) is 4.70 Å². The molecule has 0 radical (unpaired) electrons. The zero-order chi connectivity index (χ0) is 8.55. The summed E-state index contributed by atoms with van der Waals surface area (Å²) >= 11 is 1.60. The molecule has 0 saturated carbocycles. The number of hydrogen-bond acceptors (Lipinski definition) is 2. The molecule has 1 nitrogen and oxygen atoms in total. The van der Waals surface area contributed by atoms with Crippen LogP contribution in [0.3, 0.4) is 0 Å². The number of benzene rings is 1. The Kier molecular flexibility index (Phi) is 1.85. The van der Waals surface area contributed by atoms with E-state index in [2.05, 4.69) is 30.4 Å². The van der Waals surface area contributed by atoms with Crippen molar-refractivity contribution in [2.75, 3.05) is 0 Å². The number of fused-ring (bicyclic) bond motifs is 1. The third-order valence-electron chi connectivity index (χ3n) is 2.21. The van der Waals surface area contributed by atoms with Crippen molar-refractivity contribution < 1.29 is 0 Å². The van der Waals surface area contributed by atoms with Gasteiger partial charge in [0.25, 0.3) is 0 Å². The van der Waals surface area contributed by atoms with Gasteiger partial charge < -0.3 is 0 Å². The summed E-state index contributed by atoms with van der Waals surface area (Å²) in [6, 6.07) is 4.32. The number of rotatable bonds is 1. The Morgan fingerprint density at radius 3 is 3.00 bits per heavy atom. The van der Waals surface area contributed by atoms with Gasteiger partial charge >= 0.3 is 0 Å². The van der Waals surface area contributed by atoms with Gasteiger partial charge in [0, 0.05) is 11.6 Å². The maximum atomic E-state index is 4.19. The molecule has 0 amide bonds. The minimum absolute atomic E-state index is 1.10. The van der Waals surface area contributed by atoms with Gasteiger partial charge in [-0.15, -0.1) is 0 Å². The topological polar surface area (TPSA) is 12.9 Å². The lowest BCUT2D eigenvalue weighted by Gasteiger charge is -2.02. The van der Waals surface area contributed by atoms with Crippen molar-refractivity contribution in [1.82, 2.24) is 4.37 Å². The molecular formula is C10H11NS. The van der Waals surface area contributed by atoms with E-state index in [-0.39, 0.29) is 0 Å². The lowest BCUT2D eigenvalue weighted by atomic mass is 10.1. The van der Waals surface area contributed by atoms with Crippen LogP contribution in [0.1, 0.15) is 18.1 Å². The lowest BCUT2D eigenvalue weighted by molar-refractivity contribution is 1.13. The van der Waals surface area contributed by atoms with Crippen molar-refractivity contribution in [1.29, 1.82) is 0 Å². The molecule has 0 atom stereocenters. The molecule has 0 aliphatic rings. The van der Waals surface area contributed by atoms with Crippen LogP contribution in [-0.4, -0.2) is 4.37 Å². The predicted octanol–water partition coefficient (Wildman–Crippen LogP) is 3.17. The fourth-order valence-electron chi connectivity index (χ4n) is 1.53. The first-order valence-corrected chi connectivity index (χ1v) is 4.93. The monoisotopic (exact) mass is 177 g/mol. The van der Waals surface area contributed by atoms with E-state index in [9.17, 15) is 0 Å². The third-order valence-corrected chi connectivity index (χ3v) is 3.09. The fraction of sp³-hybridized carbons (Fsp3) is 0.300. The first-order valence-electron chi connectivity index (χ1n) is 4.15. The summed E-state index contributed by atoms with van der Waals surface area (Å²) in [6.07, 6.45) is 3.05.